The molecule has 0 aliphatic carbocycles. The first-order valence-corrected chi connectivity index (χ1v) is 8.23. The maximum Gasteiger partial charge on any atom is 0.180 e. The number of rotatable bonds is 3. The van der Waals surface area contributed by atoms with Crippen molar-refractivity contribution in [3.63, 3.8) is 0 Å². The van der Waals surface area contributed by atoms with E-state index in [-0.39, 0.29) is 5.75 Å². The Bertz CT molecular complexity index is 1220. The second-order valence-corrected chi connectivity index (χ2v) is 6.06. The van der Waals surface area contributed by atoms with Crippen LogP contribution in [0.25, 0.3) is 27.8 Å². The summed E-state index contributed by atoms with van der Waals surface area (Å²) in [6.07, 6.45) is 7.44. The van der Waals surface area contributed by atoms with Crippen molar-refractivity contribution in [2.45, 2.75) is 0 Å². The molecule has 0 aliphatic rings. The van der Waals surface area contributed by atoms with Gasteiger partial charge >= 0.3 is 0 Å². The van der Waals surface area contributed by atoms with Gasteiger partial charge in [-0.25, -0.2) is 9.97 Å². The van der Waals surface area contributed by atoms with E-state index in [9.17, 15) is 5.11 Å². The first kappa shape index (κ1) is 14.5. The number of aromatic amines is 1. The van der Waals surface area contributed by atoms with E-state index in [0.717, 1.165) is 33.5 Å². The molecule has 0 radical (unpaired) electrons. The fraction of sp³-hybridized carbons (Fsp3) is 0. The molecule has 5 rings (SSSR count). The quantitative estimate of drug-likeness (QED) is 0.427. The average Bonchev–Trinajstić information content (AvgIpc) is 3.30. The number of imidazole rings is 1. The lowest BCUT2D eigenvalue weighted by atomic mass is 10.1. The molecule has 0 unspecified atom stereocenters. The molecule has 0 saturated heterocycles. The topological polar surface area (TPSA) is 78.2 Å². The summed E-state index contributed by atoms with van der Waals surface area (Å²) in [6, 6.07) is 15.2. The van der Waals surface area contributed by atoms with Crippen molar-refractivity contribution in [2.75, 3.05) is 5.32 Å². The Kier molecular flexibility index (Phi) is 3.15. The van der Waals surface area contributed by atoms with Crippen molar-refractivity contribution in [1.29, 1.82) is 0 Å². The molecule has 0 saturated carbocycles. The van der Waals surface area contributed by atoms with Crippen LogP contribution in [-0.4, -0.2) is 24.5 Å². The Morgan fingerprint density at radius 1 is 1.00 bits per heavy atom. The van der Waals surface area contributed by atoms with Crippen LogP contribution in [-0.2, 0) is 0 Å². The summed E-state index contributed by atoms with van der Waals surface area (Å²) in [6.45, 7) is 0. The number of benzene rings is 2. The number of phenols is 1. The highest BCUT2D eigenvalue weighted by molar-refractivity contribution is 5.85. The summed E-state index contributed by atoms with van der Waals surface area (Å²) >= 11 is 0. The van der Waals surface area contributed by atoms with Crippen LogP contribution in [0.3, 0.4) is 0 Å². The number of hydrogen-bond donors (Lipinski definition) is 3. The van der Waals surface area contributed by atoms with Crippen LogP contribution in [0, 0.1) is 0 Å². The number of nitrogens with zero attached hydrogens (tertiary/aromatic N) is 3. The molecule has 26 heavy (non-hydrogen) atoms. The van der Waals surface area contributed by atoms with Gasteiger partial charge < -0.3 is 15.4 Å². The van der Waals surface area contributed by atoms with Crippen LogP contribution in [0.4, 0.5) is 11.5 Å². The van der Waals surface area contributed by atoms with Crippen LogP contribution in [0.1, 0.15) is 0 Å². The molecule has 0 bridgehead atoms. The molecule has 6 heteroatoms. The van der Waals surface area contributed by atoms with Gasteiger partial charge in [0.1, 0.15) is 5.75 Å². The lowest BCUT2D eigenvalue weighted by Gasteiger charge is -2.08. The van der Waals surface area contributed by atoms with Crippen molar-refractivity contribution < 1.29 is 5.11 Å². The normalized spacial score (nSPS) is 11.2. The van der Waals surface area contributed by atoms with Crippen molar-refractivity contribution in [1.82, 2.24) is 19.4 Å². The minimum atomic E-state index is 0.227. The van der Waals surface area contributed by atoms with Gasteiger partial charge in [-0.1, -0.05) is 6.07 Å². The minimum absolute atomic E-state index is 0.227. The van der Waals surface area contributed by atoms with Gasteiger partial charge in [-0.05, 0) is 42.5 Å². The average molecular weight is 341 g/mol. The van der Waals surface area contributed by atoms with E-state index < -0.39 is 0 Å². The minimum Gasteiger partial charge on any atom is -0.508 e. The Hall–Kier alpha value is -3.80. The van der Waals surface area contributed by atoms with Crippen LogP contribution in [0.5, 0.6) is 5.75 Å². The van der Waals surface area contributed by atoms with Crippen LogP contribution in [0.15, 0.2) is 73.3 Å². The Morgan fingerprint density at radius 3 is 2.77 bits per heavy atom. The SMILES string of the molecule is Oc1ccc(Nc2nccn3c(-c4ccc5[nH]ccc5c4)cnc23)cc1. The Morgan fingerprint density at radius 2 is 1.88 bits per heavy atom. The van der Waals surface area contributed by atoms with Crippen LogP contribution in [0.2, 0.25) is 0 Å². The van der Waals surface area contributed by atoms with E-state index in [1.807, 2.05) is 23.0 Å². The molecule has 0 aliphatic heterocycles. The zero-order valence-corrected chi connectivity index (χ0v) is 13.7. The molecule has 126 valence electrons. The van der Waals surface area contributed by atoms with Gasteiger partial charge in [0, 0.05) is 40.7 Å². The summed E-state index contributed by atoms with van der Waals surface area (Å²) < 4.78 is 2.02. The lowest BCUT2D eigenvalue weighted by Crippen LogP contribution is -1.98. The lowest BCUT2D eigenvalue weighted by molar-refractivity contribution is 0.475. The zero-order chi connectivity index (χ0) is 17.5. The van der Waals surface area contributed by atoms with Gasteiger partial charge in [0.2, 0.25) is 0 Å². The summed E-state index contributed by atoms with van der Waals surface area (Å²) in [4.78, 5) is 12.2. The molecule has 0 fully saturated rings. The highest BCUT2D eigenvalue weighted by Crippen LogP contribution is 2.27. The molecule has 6 nitrogen and oxygen atoms in total. The smallest absolute Gasteiger partial charge is 0.180 e. The number of fused-ring (bicyclic) bond motifs is 2. The number of hydrogen-bond acceptors (Lipinski definition) is 4. The third kappa shape index (κ3) is 2.36. The molecule has 3 N–H and O–H groups in total. The molecule has 0 amide bonds. The first-order valence-electron chi connectivity index (χ1n) is 8.23. The molecule has 2 aromatic carbocycles. The van der Waals surface area contributed by atoms with Crippen molar-refractivity contribution >= 4 is 28.1 Å². The number of aromatic nitrogens is 4. The molecule has 0 spiro atoms. The van der Waals surface area contributed by atoms with Crippen molar-refractivity contribution in [2.24, 2.45) is 0 Å². The fourth-order valence-corrected chi connectivity index (χ4v) is 3.12. The van der Waals surface area contributed by atoms with Gasteiger partial charge in [-0.15, -0.1) is 0 Å². The number of phenolic OH excluding ortho intramolecular Hbond substituents is 1. The molecule has 0 atom stereocenters. The van der Waals surface area contributed by atoms with Gasteiger partial charge in [0.05, 0.1) is 11.9 Å². The fourth-order valence-electron chi connectivity index (χ4n) is 3.12. The summed E-state index contributed by atoms with van der Waals surface area (Å²) in [5.74, 6) is 0.886. The zero-order valence-electron chi connectivity index (χ0n) is 13.7. The monoisotopic (exact) mass is 341 g/mol. The summed E-state index contributed by atoms with van der Waals surface area (Å²) in [7, 11) is 0. The maximum absolute atomic E-state index is 9.42. The van der Waals surface area contributed by atoms with Crippen LogP contribution < -0.4 is 5.32 Å². The second kappa shape index (κ2) is 5.63. The number of anilines is 2. The standard InChI is InChI=1S/C20H15N5O/c26-16-4-2-15(3-5-16)24-19-20-23-12-18(25(20)10-9-22-19)14-1-6-17-13(11-14)7-8-21-17/h1-12,21,26H,(H,22,24). The highest BCUT2D eigenvalue weighted by atomic mass is 16.3. The molecular weight excluding hydrogens is 326 g/mol. The predicted molar refractivity (Wildman–Crippen MR) is 102 cm³/mol. The Balaban J connectivity index is 1.59. The Labute approximate surface area is 148 Å². The first-order chi connectivity index (χ1) is 12.8. The highest BCUT2D eigenvalue weighted by Gasteiger charge is 2.11. The molecule has 3 heterocycles. The van der Waals surface area contributed by atoms with Crippen molar-refractivity contribution in [3.05, 3.63) is 73.3 Å². The van der Waals surface area contributed by atoms with E-state index in [1.54, 1.807) is 30.5 Å². The number of aromatic hydroxyl groups is 1. The van der Waals surface area contributed by atoms with E-state index in [1.165, 1.54) is 0 Å². The van der Waals surface area contributed by atoms with Crippen molar-refractivity contribution in [3.8, 4) is 17.0 Å². The van der Waals surface area contributed by atoms with E-state index in [4.69, 9.17) is 0 Å². The second-order valence-electron chi connectivity index (χ2n) is 6.06. The number of nitrogens with one attached hydrogen (secondary N) is 2. The van der Waals surface area contributed by atoms with Gasteiger partial charge in [0.15, 0.2) is 11.5 Å². The summed E-state index contributed by atoms with van der Waals surface area (Å²) in [5.41, 5.74) is 4.77. The predicted octanol–water partition coefficient (Wildman–Crippen LogP) is 4.33. The van der Waals surface area contributed by atoms with Gasteiger partial charge in [-0.2, -0.15) is 0 Å². The maximum atomic E-state index is 9.42. The third-order valence-electron chi connectivity index (χ3n) is 4.41. The van der Waals surface area contributed by atoms with E-state index >= 15 is 0 Å². The van der Waals surface area contributed by atoms with E-state index in [0.29, 0.717) is 5.82 Å². The molecular formula is C20H15N5O. The van der Waals surface area contributed by atoms with Gasteiger partial charge in [-0.3, -0.25) is 4.40 Å². The summed E-state index contributed by atoms with van der Waals surface area (Å²) in [5, 5.41) is 13.8. The molecule has 5 aromatic rings. The largest absolute Gasteiger partial charge is 0.508 e. The van der Waals surface area contributed by atoms with E-state index in [2.05, 4.69) is 44.5 Å². The van der Waals surface area contributed by atoms with Gasteiger partial charge in [0.25, 0.3) is 0 Å². The third-order valence-corrected chi connectivity index (χ3v) is 4.41. The number of H-pyrrole nitrogens is 1. The molecule has 3 aromatic heterocycles. The van der Waals surface area contributed by atoms with Crippen LogP contribution >= 0.6 is 0 Å².